The Labute approximate surface area is 111 Å². The molecule has 1 atom stereocenters. The van der Waals surface area contributed by atoms with Crippen LogP contribution in [-0.2, 0) is 9.59 Å². The van der Waals surface area contributed by atoms with Gasteiger partial charge in [0.25, 0.3) is 0 Å². The van der Waals surface area contributed by atoms with E-state index >= 15 is 0 Å². The Bertz CT molecular complexity index is 486. The molecule has 0 bridgehead atoms. The van der Waals surface area contributed by atoms with Gasteiger partial charge in [0.05, 0.1) is 0 Å². The topological polar surface area (TPSA) is 91.3 Å². The average Bonchev–Trinajstić information content (AvgIpc) is 2.29. The Morgan fingerprint density at radius 1 is 1.47 bits per heavy atom. The SMILES string of the molecule is C[C@@H](NC(=O)C1CCC1)C(=O)Nc1ncccc1O. The van der Waals surface area contributed by atoms with E-state index in [1.54, 1.807) is 13.0 Å². The molecule has 3 N–H and O–H groups in total. The van der Waals surface area contributed by atoms with Crippen molar-refractivity contribution in [3.8, 4) is 5.75 Å². The van der Waals surface area contributed by atoms with Crippen LogP contribution in [-0.4, -0.2) is 27.9 Å². The van der Waals surface area contributed by atoms with Crippen molar-refractivity contribution < 1.29 is 14.7 Å². The Morgan fingerprint density at radius 2 is 2.21 bits per heavy atom. The van der Waals surface area contributed by atoms with Crippen LogP contribution in [0.1, 0.15) is 26.2 Å². The molecule has 6 heteroatoms. The van der Waals surface area contributed by atoms with E-state index in [-0.39, 0.29) is 23.4 Å². The van der Waals surface area contributed by atoms with E-state index in [0.717, 1.165) is 19.3 Å². The van der Waals surface area contributed by atoms with Gasteiger partial charge in [0.15, 0.2) is 11.6 Å². The first-order chi connectivity index (χ1) is 9.08. The molecule has 0 aliphatic heterocycles. The average molecular weight is 263 g/mol. The van der Waals surface area contributed by atoms with Gasteiger partial charge in [-0.2, -0.15) is 0 Å². The van der Waals surface area contributed by atoms with Gasteiger partial charge < -0.3 is 15.7 Å². The Balaban J connectivity index is 1.88. The second kappa shape index (κ2) is 5.69. The summed E-state index contributed by atoms with van der Waals surface area (Å²) in [6, 6.07) is 2.34. The third-order valence-electron chi connectivity index (χ3n) is 3.26. The number of nitrogens with one attached hydrogen (secondary N) is 2. The van der Waals surface area contributed by atoms with Crippen LogP contribution in [0, 0.1) is 5.92 Å². The zero-order valence-electron chi connectivity index (χ0n) is 10.7. The van der Waals surface area contributed by atoms with Crippen molar-refractivity contribution in [2.24, 2.45) is 5.92 Å². The maximum Gasteiger partial charge on any atom is 0.247 e. The van der Waals surface area contributed by atoms with Crippen LogP contribution >= 0.6 is 0 Å². The summed E-state index contributed by atoms with van der Waals surface area (Å²) >= 11 is 0. The van der Waals surface area contributed by atoms with Crippen LogP contribution in [0.25, 0.3) is 0 Å². The van der Waals surface area contributed by atoms with Crippen molar-refractivity contribution in [2.75, 3.05) is 5.32 Å². The van der Waals surface area contributed by atoms with Crippen LogP contribution in [0.5, 0.6) is 5.75 Å². The number of nitrogens with zero attached hydrogens (tertiary/aromatic N) is 1. The van der Waals surface area contributed by atoms with Crippen LogP contribution in [0.4, 0.5) is 5.82 Å². The number of pyridine rings is 1. The number of hydrogen-bond acceptors (Lipinski definition) is 4. The zero-order chi connectivity index (χ0) is 13.8. The second-order valence-corrected chi connectivity index (χ2v) is 4.72. The number of carbonyl (C=O) groups excluding carboxylic acids is 2. The summed E-state index contributed by atoms with van der Waals surface area (Å²) in [6.07, 6.45) is 4.32. The smallest absolute Gasteiger partial charge is 0.247 e. The minimum atomic E-state index is -0.658. The molecule has 2 amide bonds. The number of aromatic hydroxyl groups is 1. The van der Waals surface area contributed by atoms with Gasteiger partial charge in [-0.1, -0.05) is 6.42 Å². The monoisotopic (exact) mass is 263 g/mol. The van der Waals surface area contributed by atoms with E-state index in [4.69, 9.17) is 0 Å². The number of amides is 2. The molecule has 0 aromatic carbocycles. The van der Waals surface area contributed by atoms with Crippen molar-refractivity contribution >= 4 is 17.6 Å². The predicted octanol–water partition coefficient (Wildman–Crippen LogP) is 1.03. The van der Waals surface area contributed by atoms with E-state index in [0.29, 0.717) is 0 Å². The van der Waals surface area contributed by atoms with Gasteiger partial charge >= 0.3 is 0 Å². The lowest BCUT2D eigenvalue weighted by molar-refractivity contribution is -0.130. The van der Waals surface area contributed by atoms with Crippen molar-refractivity contribution in [3.05, 3.63) is 18.3 Å². The van der Waals surface area contributed by atoms with E-state index in [9.17, 15) is 14.7 Å². The van der Waals surface area contributed by atoms with Gasteiger partial charge in [-0.15, -0.1) is 0 Å². The molecule has 102 valence electrons. The number of hydrogen-bond donors (Lipinski definition) is 3. The van der Waals surface area contributed by atoms with E-state index < -0.39 is 11.9 Å². The first kappa shape index (κ1) is 13.3. The number of carbonyl (C=O) groups is 2. The summed E-state index contributed by atoms with van der Waals surface area (Å²) in [4.78, 5) is 27.4. The van der Waals surface area contributed by atoms with Gasteiger partial charge in [-0.3, -0.25) is 9.59 Å². The molecule has 1 saturated carbocycles. The fourth-order valence-corrected chi connectivity index (χ4v) is 1.79. The third kappa shape index (κ3) is 3.21. The quantitative estimate of drug-likeness (QED) is 0.756. The molecule has 1 aromatic heterocycles. The molecule has 0 spiro atoms. The highest BCUT2D eigenvalue weighted by atomic mass is 16.3. The van der Waals surface area contributed by atoms with Gasteiger partial charge in [-0.05, 0) is 31.9 Å². The van der Waals surface area contributed by atoms with Crippen LogP contribution in [0.2, 0.25) is 0 Å². The minimum Gasteiger partial charge on any atom is -0.504 e. The molecular formula is C13H17N3O3. The van der Waals surface area contributed by atoms with Crippen LogP contribution in [0.3, 0.4) is 0 Å². The van der Waals surface area contributed by atoms with E-state index in [1.807, 2.05) is 0 Å². The molecule has 6 nitrogen and oxygen atoms in total. The van der Waals surface area contributed by atoms with Crippen molar-refractivity contribution in [2.45, 2.75) is 32.2 Å². The molecule has 1 aromatic rings. The van der Waals surface area contributed by atoms with Crippen molar-refractivity contribution in [1.82, 2.24) is 10.3 Å². The predicted molar refractivity (Wildman–Crippen MR) is 69.5 cm³/mol. The second-order valence-electron chi connectivity index (χ2n) is 4.72. The number of anilines is 1. The highest BCUT2D eigenvalue weighted by Crippen LogP contribution is 2.26. The summed E-state index contributed by atoms with van der Waals surface area (Å²) in [6.45, 7) is 1.60. The Kier molecular flexibility index (Phi) is 3.99. The largest absolute Gasteiger partial charge is 0.504 e. The van der Waals surface area contributed by atoms with Crippen LogP contribution < -0.4 is 10.6 Å². The highest BCUT2D eigenvalue weighted by Gasteiger charge is 2.27. The van der Waals surface area contributed by atoms with Gasteiger partial charge in [-0.25, -0.2) is 4.98 Å². The van der Waals surface area contributed by atoms with Crippen molar-refractivity contribution in [3.63, 3.8) is 0 Å². The van der Waals surface area contributed by atoms with Gasteiger partial charge in [0.1, 0.15) is 6.04 Å². The Hall–Kier alpha value is -2.11. The lowest BCUT2D eigenvalue weighted by atomic mass is 9.84. The van der Waals surface area contributed by atoms with Crippen molar-refractivity contribution in [1.29, 1.82) is 0 Å². The molecule has 0 radical (unpaired) electrons. The summed E-state index contributed by atoms with van der Waals surface area (Å²) in [5.41, 5.74) is 0. The number of rotatable bonds is 4. The lowest BCUT2D eigenvalue weighted by Gasteiger charge is -2.25. The molecule has 1 fully saturated rings. The highest BCUT2D eigenvalue weighted by molar-refractivity contribution is 5.97. The maximum atomic E-state index is 11.9. The maximum absolute atomic E-state index is 11.9. The summed E-state index contributed by atoms with van der Waals surface area (Å²) in [5.74, 6) is -0.454. The zero-order valence-corrected chi connectivity index (χ0v) is 10.7. The molecule has 0 saturated heterocycles. The minimum absolute atomic E-state index is 0.0403. The standard InChI is InChI=1S/C13H17N3O3/c1-8(15-13(19)9-4-2-5-9)12(18)16-11-10(17)6-3-7-14-11/h3,6-9,17H,2,4-5H2,1H3,(H,15,19)(H,14,16,18)/t8-/m1/s1. The molecule has 2 rings (SSSR count). The normalized spacial score (nSPS) is 16.3. The fourth-order valence-electron chi connectivity index (χ4n) is 1.79. The summed E-state index contributed by atoms with van der Waals surface area (Å²) in [7, 11) is 0. The molecule has 1 aliphatic rings. The van der Waals surface area contributed by atoms with Gasteiger partial charge in [0.2, 0.25) is 11.8 Å². The fraction of sp³-hybridized carbons (Fsp3) is 0.462. The summed E-state index contributed by atoms with van der Waals surface area (Å²) < 4.78 is 0. The van der Waals surface area contributed by atoms with E-state index in [1.165, 1.54) is 12.3 Å². The molecule has 1 heterocycles. The molecule has 19 heavy (non-hydrogen) atoms. The molecule has 0 unspecified atom stereocenters. The Morgan fingerprint density at radius 3 is 2.79 bits per heavy atom. The molecular weight excluding hydrogens is 246 g/mol. The first-order valence-corrected chi connectivity index (χ1v) is 6.33. The van der Waals surface area contributed by atoms with Crippen LogP contribution in [0.15, 0.2) is 18.3 Å². The first-order valence-electron chi connectivity index (χ1n) is 6.33. The number of aromatic nitrogens is 1. The van der Waals surface area contributed by atoms with E-state index in [2.05, 4.69) is 15.6 Å². The lowest BCUT2D eigenvalue weighted by Crippen LogP contribution is -2.45. The molecule has 1 aliphatic carbocycles. The third-order valence-corrected chi connectivity index (χ3v) is 3.26. The van der Waals surface area contributed by atoms with Gasteiger partial charge in [0, 0.05) is 12.1 Å². The summed E-state index contributed by atoms with van der Waals surface area (Å²) in [5, 5.41) is 14.6.